The third-order valence-electron chi connectivity index (χ3n) is 7.72. The summed E-state index contributed by atoms with van der Waals surface area (Å²) < 4.78 is 15.7. The highest BCUT2D eigenvalue weighted by atomic mass is 19.1. The second kappa shape index (κ2) is 7.34. The van der Waals surface area contributed by atoms with E-state index in [1.54, 1.807) is 0 Å². The van der Waals surface area contributed by atoms with Crippen molar-refractivity contribution >= 4 is 0 Å². The third-order valence-corrected chi connectivity index (χ3v) is 7.72. The number of nitrogens with zero attached hydrogens (tertiary/aromatic N) is 2. The lowest BCUT2D eigenvalue weighted by molar-refractivity contribution is -0.660. The average molecular weight is 436 g/mol. The molecule has 0 unspecified atom stereocenters. The van der Waals surface area contributed by atoms with Crippen molar-refractivity contribution in [2.75, 3.05) is 0 Å². The first kappa shape index (κ1) is 20.3. The summed E-state index contributed by atoms with van der Waals surface area (Å²) in [4.78, 5) is 5.08. The Labute approximate surface area is 194 Å². The molecule has 33 heavy (non-hydrogen) atoms. The van der Waals surface area contributed by atoms with Gasteiger partial charge in [-0.1, -0.05) is 37.1 Å². The van der Waals surface area contributed by atoms with Gasteiger partial charge < -0.3 is 0 Å². The molecular formula is C30H28FN2+. The van der Waals surface area contributed by atoms with Gasteiger partial charge in [0.1, 0.15) is 12.9 Å². The minimum Gasteiger partial charge on any atom is -0.257 e. The molecule has 3 heteroatoms. The number of aryl methyl sites for hydroxylation is 3. The Morgan fingerprint density at radius 1 is 0.818 bits per heavy atom. The van der Waals surface area contributed by atoms with E-state index in [-0.39, 0.29) is 11.2 Å². The van der Waals surface area contributed by atoms with Gasteiger partial charge in [0, 0.05) is 34.4 Å². The first-order valence-electron chi connectivity index (χ1n) is 11.9. The molecular weight excluding hydrogens is 407 g/mol. The fourth-order valence-electron chi connectivity index (χ4n) is 6.01. The molecule has 2 aromatic carbocycles. The van der Waals surface area contributed by atoms with Gasteiger partial charge in [0.2, 0.25) is 5.69 Å². The van der Waals surface area contributed by atoms with E-state index in [1.165, 1.54) is 77.0 Å². The van der Waals surface area contributed by atoms with Crippen LogP contribution in [0.5, 0.6) is 0 Å². The topological polar surface area (TPSA) is 16.8 Å². The predicted molar refractivity (Wildman–Crippen MR) is 130 cm³/mol. The molecule has 6 rings (SSSR count). The maximum atomic E-state index is 13.5. The van der Waals surface area contributed by atoms with Crippen molar-refractivity contribution in [3.63, 3.8) is 0 Å². The maximum absolute atomic E-state index is 13.5. The zero-order valence-corrected chi connectivity index (χ0v) is 19.5. The van der Waals surface area contributed by atoms with Gasteiger partial charge in [-0.15, -0.1) is 0 Å². The average Bonchev–Trinajstić information content (AvgIpc) is 3.39. The van der Waals surface area contributed by atoms with Crippen molar-refractivity contribution in [3.8, 4) is 33.5 Å². The van der Waals surface area contributed by atoms with Crippen molar-refractivity contribution in [2.45, 2.75) is 44.9 Å². The molecule has 0 saturated heterocycles. The highest BCUT2D eigenvalue weighted by Gasteiger charge is 2.47. The standard InChI is InChI=1S/C30H28FN2/c1-19-16-26-24-11-6-20(2)32-29(24)30(13-4-5-14-30)27(26)18-25(19)28-17-22(12-15-33(28)3)21-7-9-23(31)10-8-21/h6-12,15-18H,4-5,13-14H2,1-3H3/q+1. The molecule has 0 radical (unpaired) electrons. The highest BCUT2D eigenvalue weighted by Crippen LogP contribution is 2.57. The molecule has 0 N–H and O–H groups in total. The van der Waals surface area contributed by atoms with Crippen molar-refractivity contribution in [3.05, 3.63) is 95.2 Å². The van der Waals surface area contributed by atoms with Gasteiger partial charge in [0.15, 0.2) is 6.20 Å². The largest absolute Gasteiger partial charge is 0.257 e. The van der Waals surface area contributed by atoms with Gasteiger partial charge in [-0.3, -0.25) is 4.98 Å². The molecule has 2 nitrogen and oxygen atoms in total. The molecule has 1 fully saturated rings. The molecule has 2 aliphatic carbocycles. The van der Waals surface area contributed by atoms with Crippen LogP contribution in [0.1, 0.15) is 48.2 Å². The molecule has 2 heterocycles. The molecule has 1 saturated carbocycles. The van der Waals surface area contributed by atoms with E-state index in [9.17, 15) is 4.39 Å². The molecule has 4 aromatic rings. The van der Waals surface area contributed by atoms with Crippen LogP contribution in [0.25, 0.3) is 33.5 Å². The minimum atomic E-state index is -0.208. The van der Waals surface area contributed by atoms with E-state index in [0.717, 1.165) is 16.8 Å². The van der Waals surface area contributed by atoms with E-state index >= 15 is 0 Å². The normalized spacial score (nSPS) is 15.6. The summed E-state index contributed by atoms with van der Waals surface area (Å²) in [7, 11) is 2.10. The summed E-state index contributed by atoms with van der Waals surface area (Å²) in [5.74, 6) is -0.208. The van der Waals surface area contributed by atoms with Gasteiger partial charge in [0.05, 0.1) is 5.69 Å². The van der Waals surface area contributed by atoms with Crippen LogP contribution in [0, 0.1) is 19.7 Å². The summed E-state index contributed by atoms with van der Waals surface area (Å²) in [5.41, 5.74) is 12.4. The van der Waals surface area contributed by atoms with Gasteiger partial charge in [-0.05, 0) is 78.8 Å². The molecule has 164 valence electrons. The summed E-state index contributed by atoms with van der Waals surface area (Å²) in [6.07, 6.45) is 6.96. The van der Waals surface area contributed by atoms with E-state index in [1.807, 2.05) is 12.1 Å². The fourth-order valence-corrected chi connectivity index (χ4v) is 6.01. The SMILES string of the molecule is Cc1ccc2c(n1)C1(CCCC1)c1cc(-c3cc(-c4ccc(F)cc4)cc[n+]3C)c(C)cc1-2. The monoisotopic (exact) mass is 435 g/mol. The van der Waals surface area contributed by atoms with E-state index in [0.29, 0.717) is 0 Å². The Kier molecular flexibility index (Phi) is 4.52. The van der Waals surface area contributed by atoms with Crippen LogP contribution in [0.4, 0.5) is 4.39 Å². The minimum absolute atomic E-state index is 0.0479. The summed E-state index contributed by atoms with van der Waals surface area (Å²) in [6, 6.07) is 20.3. The van der Waals surface area contributed by atoms with Crippen molar-refractivity contribution in [1.82, 2.24) is 4.98 Å². The smallest absolute Gasteiger partial charge is 0.213 e. The number of halogens is 1. The van der Waals surface area contributed by atoms with Gasteiger partial charge in [0.25, 0.3) is 0 Å². The number of pyridine rings is 2. The van der Waals surface area contributed by atoms with Gasteiger partial charge >= 0.3 is 0 Å². The molecule has 1 spiro atoms. The molecule has 0 aliphatic heterocycles. The Bertz CT molecular complexity index is 1400. The Morgan fingerprint density at radius 2 is 1.58 bits per heavy atom. The fraction of sp³-hybridized carbons (Fsp3) is 0.267. The Morgan fingerprint density at radius 3 is 2.33 bits per heavy atom. The van der Waals surface area contributed by atoms with Crippen LogP contribution < -0.4 is 4.57 Å². The number of hydrogen-bond donors (Lipinski definition) is 0. The van der Waals surface area contributed by atoms with Crippen LogP contribution in [0.2, 0.25) is 0 Å². The van der Waals surface area contributed by atoms with Crippen LogP contribution in [-0.4, -0.2) is 4.98 Å². The number of hydrogen-bond acceptors (Lipinski definition) is 1. The molecule has 2 aromatic heterocycles. The summed E-state index contributed by atoms with van der Waals surface area (Å²) >= 11 is 0. The number of benzene rings is 2. The first-order chi connectivity index (χ1) is 16.0. The van der Waals surface area contributed by atoms with E-state index in [4.69, 9.17) is 4.98 Å². The molecule has 0 amide bonds. The van der Waals surface area contributed by atoms with Crippen LogP contribution >= 0.6 is 0 Å². The molecule has 0 bridgehead atoms. The van der Waals surface area contributed by atoms with E-state index < -0.39 is 0 Å². The summed E-state index contributed by atoms with van der Waals surface area (Å²) in [6.45, 7) is 4.31. The number of rotatable bonds is 2. The zero-order chi connectivity index (χ0) is 22.7. The number of fused-ring (bicyclic) bond motifs is 5. The summed E-state index contributed by atoms with van der Waals surface area (Å²) in [5, 5.41) is 0. The lowest BCUT2D eigenvalue weighted by atomic mass is 9.78. The quantitative estimate of drug-likeness (QED) is 0.315. The Balaban J connectivity index is 1.54. The maximum Gasteiger partial charge on any atom is 0.213 e. The van der Waals surface area contributed by atoms with Crippen LogP contribution in [0.3, 0.4) is 0 Å². The van der Waals surface area contributed by atoms with Crippen molar-refractivity contribution < 1.29 is 8.96 Å². The first-order valence-corrected chi connectivity index (χ1v) is 11.9. The number of aromatic nitrogens is 2. The third kappa shape index (κ3) is 3.06. The van der Waals surface area contributed by atoms with Crippen molar-refractivity contribution in [1.29, 1.82) is 0 Å². The molecule has 2 aliphatic rings. The van der Waals surface area contributed by atoms with Crippen LogP contribution in [0.15, 0.2) is 66.9 Å². The predicted octanol–water partition coefficient (Wildman–Crippen LogP) is 6.84. The molecule has 0 atom stereocenters. The zero-order valence-electron chi connectivity index (χ0n) is 19.5. The van der Waals surface area contributed by atoms with Gasteiger partial charge in [-0.2, -0.15) is 0 Å². The van der Waals surface area contributed by atoms with Gasteiger partial charge in [-0.25, -0.2) is 8.96 Å². The second-order valence-corrected chi connectivity index (χ2v) is 9.77. The van der Waals surface area contributed by atoms with Crippen LogP contribution in [-0.2, 0) is 12.5 Å². The lowest BCUT2D eigenvalue weighted by Crippen LogP contribution is -2.30. The second-order valence-electron chi connectivity index (χ2n) is 9.77. The highest BCUT2D eigenvalue weighted by molar-refractivity contribution is 5.84. The Hall–Kier alpha value is -3.33. The van der Waals surface area contributed by atoms with E-state index in [2.05, 4.69) is 68.1 Å². The van der Waals surface area contributed by atoms with Crippen molar-refractivity contribution in [2.24, 2.45) is 7.05 Å². The lowest BCUT2D eigenvalue weighted by Gasteiger charge is -2.26.